The number of hydrogen-bond donors (Lipinski definition) is 0. The van der Waals surface area contributed by atoms with Crippen molar-refractivity contribution < 1.29 is 0 Å². The van der Waals surface area contributed by atoms with Crippen LogP contribution in [0, 0.1) is 11.3 Å². The molecule has 0 aromatic heterocycles. The Morgan fingerprint density at radius 3 is 1.89 bits per heavy atom. The topological polar surface area (TPSA) is 0 Å². The van der Waals surface area contributed by atoms with E-state index in [1.165, 1.54) is 12.8 Å². The van der Waals surface area contributed by atoms with E-state index in [4.69, 9.17) is 0 Å². The van der Waals surface area contributed by atoms with Crippen molar-refractivity contribution in [3.05, 3.63) is 0 Å². The van der Waals surface area contributed by atoms with Crippen molar-refractivity contribution >= 4 is 15.9 Å². The molecule has 1 rings (SSSR count). The molecule has 1 unspecified atom stereocenters. The normalized spacial score (nSPS) is 24.0. The Labute approximate surface area is 66.2 Å². The van der Waals surface area contributed by atoms with E-state index >= 15 is 0 Å². The second-order valence-electron chi connectivity index (χ2n) is 4.11. The number of alkyl halides is 1. The molecule has 0 N–H and O–H groups in total. The van der Waals surface area contributed by atoms with Crippen LogP contribution >= 0.6 is 15.9 Å². The lowest BCUT2D eigenvalue weighted by atomic mass is 9.89. The number of halogens is 1. The van der Waals surface area contributed by atoms with Crippen molar-refractivity contribution in [3.63, 3.8) is 0 Å². The summed E-state index contributed by atoms with van der Waals surface area (Å²) in [5, 5.41) is 0. The summed E-state index contributed by atoms with van der Waals surface area (Å²) in [7, 11) is 0. The van der Waals surface area contributed by atoms with Gasteiger partial charge in [0.05, 0.1) is 0 Å². The van der Waals surface area contributed by atoms with Crippen LogP contribution in [0.3, 0.4) is 0 Å². The van der Waals surface area contributed by atoms with Crippen molar-refractivity contribution in [2.24, 2.45) is 11.3 Å². The van der Waals surface area contributed by atoms with E-state index in [0.717, 1.165) is 10.7 Å². The number of rotatable bonds is 1. The minimum absolute atomic E-state index is 0.459. The lowest BCUT2D eigenvalue weighted by Crippen LogP contribution is -2.21. The van der Waals surface area contributed by atoms with Crippen LogP contribution < -0.4 is 0 Å². The first-order chi connectivity index (χ1) is 4.02. The van der Waals surface area contributed by atoms with Gasteiger partial charge in [-0.05, 0) is 24.2 Å². The molecule has 1 fully saturated rings. The summed E-state index contributed by atoms with van der Waals surface area (Å²) >= 11 is 3.73. The lowest BCUT2D eigenvalue weighted by Gasteiger charge is -2.25. The van der Waals surface area contributed by atoms with Crippen molar-refractivity contribution in [3.8, 4) is 0 Å². The van der Waals surface area contributed by atoms with E-state index in [1.54, 1.807) is 0 Å². The van der Waals surface area contributed by atoms with E-state index in [1.807, 2.05) is 0 Å². The van der Waals surface area contributed by atoms with Crippen molar-refractivity contribution in [2.45, 2.75) is 38.4 Å². The average Bonchev–Trinajstić information content (AvgIpc) is 2.40. The molecule has 9 heavy (non-hydrogen) atoms. The molecule has 1 aliphatic carbocycles. The Hall–Kier alpha value is 0.480. The van der Waals surface area contributed by atoms with Crippen LogP contribution in [-0.2, 0) is 0 Å². The first-order valence-electron chi connectivity index (χ1n) is 3.66. The summed E-state index contributed by atoms with van der Waals surface area (Å²) in [4.78, 5) is 0.741. The van der Waals surface area contributed by atoms with E-state index in [0.29, 0.717) is 5.41 Å². The third-order valence-electron chi connectivity index (χ3n) is 1.86. The Bertz CT molecular complexity index is 97.6. The van der Waals surface area contributed by atoms with E-state index in [9.17, 15) is 0 Å². The Kier molecular flexibility index (Phi) is 1.91. The molecule has 0 nitrogen and oxygen atoms in total. The van der Waals surface area contributed by atoms with Gasteiger partial charge in [-0.25, -0.2) is 0 Å². The number of hydrogen-bond acceptors (Lipinski definition) is 0. The van der Waals surface area contributed by atoms with Crippen molar-refractivity contribution in [1.82, 2.24) is 0 Å². The summed E-state index contributed by atoms with van der Waals surface area (Å²) in [5.41, 5.74) is 0.459. The molecule has 0 saturated heterocycles. The van der Waals surface area contributed by atoms with Gasteiger partial charge in [-0.15, -0.1) is 0 Å². The molecule has 1 aliphatic rings. The molecule has 0 aromatic rings. The van der Waals surface area contributed by atoms with E-state index in [2.05, 4.69) is 36.7 Å². The van der Waals surface area contributed by atoms with Crippen LogP contribution in [0.25, 0.3) is 0 Å². The second kappa shape index (κ2) is 2.26. The first kappa shape index (κ1) is 7.59. The average molecular weight is 191 g/mol. The van der Waals surface area contributed by atoms with Crippen LogP contribution in [-0.4, -0.2) is 4.83 Å². The van der Waals surface area contributed by atoms with Gasteiger partial charge in [-0.1, -0.05) is 36.7 Å². The quantitative estimate of drug-likeness (QED) is 0.558. The molecule has 0 spiro atoms. The Balaban J connectivity index is 2.40. The SMILES string of the molecule is CC(C)(C)C(Br)C1CC1. The van der Waals surface area contributed by atoms with Crippen LogP contribution in [0.4, 0.5) is 0 Å². The zero-order valence-corrected chi connectivity index (χ0v) is 8.03. The molecule has 0 aliphatic heterocycles. The van der Waals surface area contributed by atoms with Gasteiger partial charge in [-0.2, -0.15) is 0 Å². The smallest absolute Gasteiger partial charge is 0.0222 e. The standard InChI is InChI=1S/C8H15Br/c1-8(2,3)7(9)6-4-5-6/h6-7H,4-5H2,1-3H3. The maximum Gasteiger partial charge on any atom is 0.0222 e. The second-order valence-corrected chi connectivity index (χ2v) is 5.09. The summed E-state index contributed by atoms with van der Waals surface area (Å²) < 4.78 is 0. The first-order valence-corrected chi connectivity index (χ1v) is 4.57. The lowest BCUT2D eigenvalue weighted by molar-refractivity contribution is 0.375. The summed E-state index contributed by atoms with van der Waals surface area (Å²) in [6, 6.07) is 0. The molecular formula is C8H15Br. The highest BCUT2D eigenvalue weighted by atomic mass is 79.9. The molecular weight excluding hydrogens is 176 g/mol. The fraction of sp³-hybridized carbons (Fsp3) is 1.00. The van der Waals surface area contributed by atoms with Gasteiger partial charge < -0.3 is 0 Å². The molecule has 1 heteroatoms. The molecule has 0 amide bonds. The highest BCUT2D eigenvalue weighted by molar-refractivity contribution is 9.09. The van der Waals surface area contributed by atoms with Crippen LogP contribution in [0.5, 0.6) is 0 Å². The van der Waals surface area contributed by atoms with Gasteiger partial charge in [0, 0.05) is 4.83 Å². The summed E-state index contributed by atoms with van der Waals surface area (Å²) in [6.07, 6.45) is 2.88. The molecule has 1 atom stereocenters. The minimum atomic E-state index is 0.459. The molecule has 0 bridgehead atoms. The van der Waals surface area contributed by atoms with E-state index < -0.39 is 0 Å². The highest BCUT2D eigenvalue weighted by Crippen LogP contribution is 2.44. The minimum Gasteiger partial charge on any atom is -0.0882 e. The third-order valence-corrected chi connectivity index (χ3v) is 3.98. The molecule has 0 heterocycles. The summed E-state index contributed by atoms with van der Waals surface area (Å²) in [6.45, 7) is 6.89. The van der Waals surface area contributed by atoms with Crippen molar-refractivity contribution in [2.75, 3.05) is 0 Å². The van der Waals surface area contributed by atoms with Crippen LogP contribution in [0.15, 0.2) is 0 Å². The third kappa shape index (κ3) is 1.96. The van der Waals surface area contributed by atoms with Gasteiger partial charge in [0.1, 0.15) is 0 Å². The zero-order valence-electron chi connectivity index (χ0n) is 6.45. The van der Waals surface area contributed by atoms with Crippen LogP contribution in [0.1, 0.15) is 33.6 Å². The monoisotopic (exact) mass is 190 g/mol. The molecule has 0 aromatic carbocycles. The fourth-order valence-corrected chi connectivity index (χ4v) is 1.62. The highest BCUT2D eigenvalue weighted by Gasteiger charge is 2.36. The van der Waals surface area contributed by atoms with Crippen molar-refractivity contribution in [1.29, 1.82) is 0 Å². The van der Waals surface area contributed by atoms with E-state index in [-0.39, 0.29) is 0 Å². The van der Waals surface area contributed by atoms with Gasteiger partial charge in [0.25, 0.3) is 0 Å². The van der Waals surface area contributed by atoms with Crippen LogP contribution in [0.2, 0.25) is 0 Å². The largest absolute Gasteiger partial charge is 0.0882 e. The molecule has 1 saturated carbocycles. The maximum absolute atomic E-state index is 3.73. The van der Waals surface area contributed by atoms with Gasteiger partial charge in [-0.3, -0.25) is 0 Å². The molecule has 0 radical (unpaired) electrons. The Morgan fingerprint density at radius 1 is 1.33 bits per heavy atom. The molecule has 54 valence electrons. The van der Waals surface area contributed by atoms with Gasteiger partial charge in [0.15, 0.2) is 0 Å². The maximum atomic E-state index is 3.73. The fourth-order valence-electron chi connectivity index (χ4n) is 1.10. The van der Waals surface area contributed by atoms with Gasteiger partial charge >= 0.3 is 0 Å². The Morgan fingerprint density at radius 2 is 1.78 bits per heavy atom. The summed E-state index contributed by atoms with van der Waals surface area (Å²) in [5.74, 6) is 0.977. The predicted octanol–water partition coefficient (Wildman–Crippen LogP) is 3.21. The zero-order chi connectivity index (χ0) is 7.07. The predicted molar refractivity (Wildman–Crippen MR) is 44.9 cm³/mol. The van der Waals surface area contributed by atoms with Gasteiger partial charge in [0.2, 0.25) is 0 Å².